The van der Waals surface area contributed by atoms with Gasteiger partial charge in [0.25, 0.3) is 0 Å². The van der Waals surface area contributed by atoms with Gasteiger partial charge in [0.05, 0.1) is 6.10 Å². The lowest BCUT2D eigenvalue weighted by atomic mass is 10.1. The van der Waals surface area contributed by atoms with Crippen LogP contribution in [0.4, 0.5) is 0 Å². The Labute approximate surface area is 116 Å². The summed E-state index contributed by atoms with van der Waals surface area (Å²) in [7, 11) is 2.14. The predicted octanol–water partition coefficient (Wildman–Crippen LogP) is 3.10. The molecule has 0 amide bonds. The molecule has 1 aliphatic heterocycles. The van der Waals surface area contributed by atoms with Crippen LogP contribution in [0.3, 0.4) is 0 Å². The Morgan fingerprint density at radius 2 is 2.11 bits per heavy atom. The average molecular weight is 257 g/mol. The van der Waals surface area contributed by atoms with Gasteiger partial charge in [-0.2, -0.15) is 0 Å². The maximum atomic E-state index is 9.98. The van der Waals surface area contributed by atoms with Gasteiger partial charge in [0.1, 0.15) is 0 Å². The molecule has 1 fully saturated rings. The van der Waals surface area contributed by atoms with Crippen LogP contribution < -0.4 is 0 Å². The summed E-state index contributed by atoms with van der Waals surface area (Å²) in [5.74, 6) is 0. The fourth-order valence-electron chi connectivity index (χ4n) is 2.56. The summed E-state index contributed by atoms with van der Waals surface area (Å²) in [6.07, 6.45) is 10.8. The summed E-state index contributed by atoms with van der Waals surface area (Å²) in [6, 6.07) is 10.7. The molecule has 0 bridgehead atoms. The Morgan fingerprint density at radius 3 is 2.79 bits per heavy atom. The molecular weight excluding hydrogens is 234 g/mol. The van der Waals surface area contributed by atoms with E-state index in [-0.39, 0.29) is 6.10 Å². The average Bonchev–Trinajstić information content (AvgIpc) is 2.82. The van der Waals surface area contributed by atoms with Crippen molar-refractivity contribution in [3.05, 3.63) is 54.1 Å². The number of aliphatic hydroxyl groups excluding tert-OH is 1. The highest BCUT2D eigenvalue weighted by Crippen LogP contribution is 2.19. The van der Waals surface area contributed by atoms with E-state index in [1.54, 1.807) is 0 Å². The standard InChI is InChI=1S/C17H23NO/c1-18-13-7-11-16(18)14-17(19)12-6-5-10-15-8-3-2-4-9-15/h2-6,8-10,12,16-17,19H,7,11,13-14H2,1H3. The lowest BCUT2D eigenvalue weighted by Gasteiger charge is -2.20. The van der Waals surface area contributed by atoms with E-state index in [2.05, 4.69) is 24.1 Å². The zero-order valence-electron chi connectivity index (χ0n) is 11.6. The van der Waals surface area contributed by atoms with E-state index in [1.165, 1.54) is 18.4 Å². The van der Waals surface area contributed by atoms with Crippen molar-refractivity contribution in [1.82, 2.24) is 4.90 Å². The van der Waals surface area contributed by atoms with E-state index in [1.807, 2.05) is 42.5 Å². The topological polar surface area (TPSA) is 23.5 Å². The van der Waals surface area contributed by atoms with Crippen molar-refractivity contribution < 1.29 is 5.11 Å². The number of nitrogens with zero attached hydrogens (tertiary/aromatic N) is 1. The summed E-state index contributed by atoms with van der Waals surface area (Å²) in [4.78, 5) is 2.34. The van der Waals surface area contributed by atoms with Crippen molar-refractivity contribution in [1.29, 1.82) is 0 Å². The molecule has 1 aliphatic rings. The maximum absolute atomic E-state index is 9.98. The molecule has 1 aromatic rings. The third kappa shape index (κ3) is 4.66. The third-order valence-electron chi connectivity index (χ3n) is 3.72. The van der Waals surface area contributed by atoms with Crippen LogP contribution in [0.15, 0.2) is 48.6 Å². The van der Waals surface area contributed by atoms with Gasteiger partial charge in [0.15, 0.2) is 0 Å². The van der Waals surface area contributed by atoms with E-state index in [4.69, 9.17) is 0 Å². The van der Waals surface area contributed by atoms with E-state index >= 15 is 0 Å². The van der Waals surface area contributed by atoms with Crippen LogP contribution in [0.1, 0.15) is 24.8 Å². The molecule has 1 saturated heterocycles. The molecule has 102 valence electrons. The zero-order valence-corrected chi connectivity index (χ0v) is 11.6. The predicted molar refractivity (Wildman–Crippen MR) is 80.9 cm³/mol. The molecule has 1 aromatic carbocycles. The summed E-state index contributed by atoms with van der Waals surface area (Å²) in [5.41, 5.74) is 1.18. The first-order valence-corrected chi connectivity index (χ1v) is 7.04. The molecule has 1 N–H and O–H groups in total. The van der Waals surface area contributed by atoms with Crippen LogP contribution in [-0.4, -0.2) is 35.7 Å². The smallest absolute Gasteiger partial charge is 0.0738 e. The van der Waals surface area contributed by atoms with E-state index in [0.717, 1.165) is 13.0 Å². The third-order valence-corrected chi connectivity index (χ3v) is 3.72. The molecule has 0 aliphatic carbocycles. The Bertz CT molecular complexity index is 424. The highest BCUT2D eigenvalue weighted by atomic mass is 16.3. The molecule has 2 rings (SSSR count). The minimum Gasteiger partial charge on any atom is -0.389 e. The van der Waals surface area contributed by atoms with Gasteiger partial charge < -0.3 is 10.0 Å². The minimum absolute atomic E-state index is 0.342. The lowest BCUT2D eigenvalue weighted by molar-refractivity contribution is 0.166. The second-order valence-corrected chi connectivity index (χ2v) is 5.23. The van der Waals surface area contributed by atoms with Gasteiger partial charge in [-0.15, -0.1) is 0 Å². The van der Waals surface area contributed by atoms with Crippen LogP contribution >= 0.6 is 0 Å². The number of rotatable bonds is 5. The van der Waals surface area contributed by atoms with Crippen molar-refractivity contribution in [3.63, 3.8) is 0 Å². The van der Waals surface area contributed by atoms with Gasteiger partial charge in [0.2, 0.25) is 0 Å². The van der Waals surface area contributed by atoms with Crippen LogP contribution in [0.2, 0.25) is 0 Å². The molecule has 0 saturated carbocycles. The first-order valence-electron chi connectivity index (χ1n) is 7.04. The summed E-state index contributed by atoms with van der Waals surface area (Å²) in [5, 5.41) is 9.98. The number of benzene rings is 1. The van der Waals surface area contributed by atoms with E-state index in [0.29, 0.717) is 6.04 Å². The van der Waals surface area contributed by atoms with Crippen molar-refractivity contribution >= 4 is 6.08 Å². The molecule has 1 heterocycles. The van der Waals surface area contributed by atoms with Crippen LogP contribution in [0.25, 0.3) is 6.08 Å². The highest BCUT2D eigenvalue weighted by molar-refractivity contribution is 5.50. The van der Waals surface area contributed by atoms with Crippen molar-refractivity contribution in [2.24, 2.45) is 0 Å². The molecule has 0 spiro atoms. The Balaban J connectivity index is 1.77. The Hall–Kier alpha value is -1.38. The summed E-state index contributed by atoms with van der Waals surface area (Å²) < 4.78 is 0. The molecule has 19 heavy (non-hydrogen) atoms. The largest absolute Gasteiger partial charge is 0.389 e. The monoisotopic (exact) mass is 257 g/mol. The molecule has 2 nitrogen and oxygen atoms in total. The minimum atomic E-state index is -0.342. The second-order valence-electron chi connectivity index (χ2n) is 5.23. The van der Waals surface area contributed by atoms with Crippen LogP contribution in [0, 0.1) is 0 Å². The van der Waals surface area contributed by atoms with Gasteiger partial charge in [-0.1, -0.05) is 54.6 Å². The first kappa shape index (κ1) is 14.0. The first-order chi connectivity index (χ1) is 9.25. The van der Waals surface area contributed by atoms with Gasteiger partial charge in [-0.25, -0.2) is 0 Å². The van der Waals surface area contributed by atoms with E-state index in [9.17, 15) is 5.11 Å². The van der Waals surface area contributed by atoms with Crippen LogP contribution in [-0.2, 0) is 0 Å². The normalized spacial score (nSPS) is 22.5. The quantitative estimate of drug-likeness (QED) is 0.819. The maximum Gasteiger partial charge on any atom is 0.0738 e. The molecular formula is C17H23NO. The Kier molecular flexibility index (Phi) is 5.37. The highest BCUT2D eigenvalue weighted by Gasteiger charge is 2.22. The Morgan fingerprint density at radius 1 is 1.32 bits per heavy atom. The molecule has 2 heteroatoms. The molecule has 2 unspecified atom stereocenters. The molecule has 0 radical (unpaired) electrons. The van der Waals surface area contributed by atoms with Gasteiger partial charge in [0, 0.05) is 6.04 Å². The fraction of sp³-hybridized carbons (Fsp3) is 0.412. The number of hydrogen-bond donors (Lipinski definition) is 1. The van der Waals surface area contributed by atoms with E-state index < -0.39 is 0 Å². The fourth-order valence-corrected chi connectivity index (χ4v) is 2.56. The number of allylic oxidation sites excluding steroid dienone is 2. The summed E-state index contributed by atoms with van der Waals surface area (Å²) >= 11 is 0. The van der Waals surface area contributed by atoms with Crippen LogP contribution in [0.5, 0.6) is 0 Å². The van der Waals surface area contributed by atoms with Crippen molar-refractivity contribution in [2.45, 2.75) is 31.4 Å². The molecule has 2 atom stereocenters. The SMILES string of the molecule is CN1CCCC1CC(O)C=CC=Cc1ccccc1. The van der Waals surface area contributed by atoms with Gasteiger partial charge in [-0.3, -0.25) is 0 Å². The number of hydrogen-bond acceptors (Lipinski definition) is 2. The van der Waals surface area contributed by atoms with Crippen molar-refractivity contribution in [3.8, 4) is 0 Å². The molecule has 0 aromatic heterocycles. The van der Waals surface area contributed by atoms with Crippen molar-refractivity contribution in [2.75, 3.05) is 13.6 Å². The summed E-state index contributed by atoms with van der Waals surface area (Å²) in [6.45, 7) is 1.16. The second kappa shape index (κ2) is 7.27. The van der Waals surface area contributed by atoms with Gasteiger partial charge in [-0.05, 0) is 38.4 Å². The number of likely N-dealkylation sites (tertiary alicyclic amines) is 1. The lowest BCUT2D eigenvalue weighted by Crippen LogP contribution is -2.28. The zero-order chi connectivity index (χ0) is 13.5. The number of aliphatic hydroxyl groups is 1. The van der Waals surface area contributed by atoms with Gasteiger partial charge >= 0.3 is 0 Å².